The first-order chi connectivity index (χ1) is 14.1. The number of unbranched alkanes of at least 4 members (excludes halogenated alkanes) is 2. The molecule has 7 nitrogen and oxygen atoms in total. The van der Waals surface area contributed by atoms with Gasteiger partial charge in [-0.25, -0.2) is 14.5 Å². The molecule has 0 aliphatic rings. The third kappa shape index (κ3) is 8.47. The van der Waals surface area contributed by atoms with E-state index in [1.54, 1.807) is 0 Å². The molecule has 0 saturated heterocycles. The third-order valence-electron chi connectivity index (χ3n) is 4.12. The standard InChI is InChI=1S/C22H25NO6/c24-20(25)14-8-3-9-15-23(21(26)28-16-18-10-4-1-5-11-18)22(27)29-17-19-12-6-2-7-13-19/h1-2,4-7,10-13H,3,8-9,14-17H2,(H,24,25). The van der Waals surface area contributed by atoms with Crippen LogP contribution >= 0.6 is 0 Å². The van der Waals surface area contributed by atoms with Crippen molar-refractivity contribution < 1.29 is 29.0 Å². The van der Waals surface area contributed by atoms with Crippen molar-refractivity contribution in [3.05, 3.63) is 71.8 Å². The van der Waals surface area contributed by atoms with E-state index in [9.17, 15) is 14.4 Å². The SMILES string of the molecule is O=C(O)CCCCCN(C(=O)OCc1ccccc1)C(=O)OCc1ccccc1. The number of ether oxygens (including phenoxy) is 2. The smallest absolute Gasteiger partial charge is 0.419 e. The van der Waals surface area contributed by atoms with Crippen molar-refractivity contribution in [2.45, 2.75) is 38.9 Å². The Hall–Kier alpha value is -3.35. The molecule has 0 bridgehead atoms. The number of carboxylic acids is 1. The first-order valence-electron chi connectivity index (χ1n) is 9.47. The average molecular weight is 399 g/mol. The molecule has 0 saturated carbocycles. The van der Waals surface area contributed by atoms with Gasteiger partial charge in [0.2, 0.25) is 0 Å². The van der Waals surface area contributed by atoms with Gasteiger partial charge in [-0.15, -0.1) is 0 Å². The molecule has 0 radical (unpaired) electrons. The van der Waals surface area contributed by atoms with Gasteiger partial charge in [0.15, 0.2) is 0 Å². The van der Waals surface area contributed by atoms with Crippen LogP contribution in [0, 0.1) is 0 Å². The van der Waals surface area contributed by atoms with Crippen LogP contribution in [0.25, 0.3) is 0 Å². The molecule has 2 amide bonds. The molecule has 2 aromatic carbocycles. The maximum absolute atomic E-state index is 12.5. The molecular formula is C22H25NO6. The van der Waals surface area contributed by atoms with E-state index >= 15 is 0 Å². The van der Waals surface area contributed by atoms with E-state index in [0.29, 0.717) is 19.3 Å². The number of imide groups is 1. The summed E-state index contributed by atoms with van der Waals surface area (Å²) in [5.41, 5.74) is 1.61. The summed E-state index contributed by atoms with van der Waals surface area (Å²) in [4.78, 5) is 36.4. The van der Waals surface area contributed by atoms with Crippen LogP contribution in [-0.2, 0) is 27.5 Å². The normalized spacial score (nSPS) is 10.2. The zero-order chi connectivity index (χ0) is 20.9. The van der Waals surface area contributed by atoms with Gasteiger partial charge in [-0.3, -0.25) is 4.79 Å². The maximum Gasteiger partial charge on any atom is 0.419 e. The molecule has 0 aromatic heterocycles. The number of benzene rings is 2. The molecule has 0 fully saturated rings. The lowest BCUT2D eigenvalue weighted by Gasteiger charge is -2.20. The Labute approximate surface area is 169 Å². The van der Waals surface area contributed by atoms with Crippen LogP contribution in [0.3, 0.4) is 0 Å². The molecule has 0 atom stereocenters. The van der Waals surface area contributed by atoms with Gasteiger partial charge in [-0.2, -0.15) is 0 Å². The second kappa shape index (κ2) is 12.2. The average Bonchev–Trinajstić information content (AvgIpc) is 2.74. The van der Waals surface area contributed by atoms with Gasteiger partial charge >= 0.3 is 18.2 Å². The summed E-state index contributed by atoms with van der Waals surface area (Å²) in [6, 6.07) is 18.3. The van der Waals surface area contributed by atoms with E-state index in [4.69, 9.17) is 14.6 Å². The summed E-state index contributed by atoms with van der Waals surface area (Å²) in [5, 5.41) is 8.70. The molecule has 7 heteroatoms. The minimum atomic E-state index is -0.869. The fraction of sp³-hybridized carbons (Fsp3) is 0.318. The van der Waals surface area contributed by atoms with Crippen LogP contribution in [-0.4, -0.2) is 34.7 Å². The first kappa shape index (κ1) is 21.9. The molecule has 154 valence electrons. The van der Waals surface area contributed by atoms with Crippen molar-refractivity contribution in [3.63, 3.8) is 0 Å². The van der Waals surface area contributed by atoms with Crippen molar-refractivity contribution in [2.75, 3.05) is 6.54 Å². The van der Waals surface area contributed by atoms with Crippen LogP contribution in [0.4, 0.5) is 9.59 Å². The second-order valence-corrected chi connectivity index (χ2v) is 6.44. The molecule has 0 heterocycles. The summed E-state index contributed by atoms with van der Waals surface area (Å²) in [7, 11) is 0. The van der Waals surface area contributed by atoms with E-state index in [0.717, 1.165) is 16.0 Å². The Bertz CT molecular complexity index is 723. The summed E-state index contributed by atoms with van der Waals surface area (Å²) in [6.07, 6.45) is -0.0112. The van der Waals surface area contributed by atoms with Crippen molar-refractivity contribution in [1.82, 2.24) is 4.90 Å². The summed E-state index contributed by atoms with van der Waals surface area (Å²) in [5.74, 6) is -0.869. The lowest BCUT2D eigenvalue weighted by molar-refractivity contribution is -0.137. The van der Waals surface area contributed by atoms with Crippen LogP contribution in [0.2, 0.25) is 0 Å². The van der Waals surface area contributed by atoms with Gasteiger partial charge in [0, 0.05) is 13.0 Å². The summed E-state index contributed by atoms with van der Waals surface area (Å²) in [6.45, 7) is 0.184. The highest BCUT2D eigenvalue weighted by molar-refractivity contribution is 5.87. The van der Waals surface area contributed by atoms with Gasteiger partial charge in [0.1, 0.15) is 13.2 Å². The number of nitrogens with zero attached hydrogens (tertiary/aromatic N) is 1. The minimum Gasteiger partial charge on any atom is -0.481 e. The number of rotatable bonds is 10. The minimum absolute atomic E-state index is 0.0428. The number of carbonyl (C=O) groups excluding carboxylic acids is 2. The largest absolute Gasteiger partial charge is 0.481 e. The molecule has 0 spiro atoms. The van der Waals surface area contributed by atoms with E-state index in [1.807, 2.05) is 60.7 Å². The van der Waals surface area contributed by atoms with Gasteiger partial charge in [-0.1, -0.05) is 67.1 Å². The summed E-state index contributed by atoms with van der Waals surface area (Å²) < 4.78 is 10.5. The highest BCUT2D eigenvalue weighted by Crippen LogP contribution is 2.10. The third-order valence-corrected chi connectivity index (χ3v) is 4.12. The van der Waals surface area contributed by atoms with E-state index < -0.39 is 18.2 Å². The van der Waals surface area contributed by atoms with Gasteiger partial charge in [0.05, 0.1) is 0 Å². The predicted molar refractivity (Wildman–Crippen MR) is 106 cm³/mol. The Balaban J connectivity index is 1.90. The highest BCUT2D eigenvalue weighted by Gasteiger charge is 2.24. The van der Waals surface area contributed by atoms with Crippen molar-refractivity contribution in [3.8, 4) is 0 Å². The number of hydrogen-bond donors (Lipinski definition) is 1. The Kier molecular flexibility index (Phi) is 9.21. The zero-order valence-corrected chi connectivity index (χ0v) is 16.2. The lowest BCUT2D eigenvalue weighted by atomic mass is 10.2. The fourth-order valence-corrected chi connectivity index (χ4v) is 2.57. The Morgan fingerprint density at radius 2 is 1.21 bits per heavy atom. The molecular weight excluding hydrogens is 374 g/mol. The summed E-state index contributed by atoms with van der Waals surface area (Å²) >= 11 is 0. The van der Waals surface area contributed by atoms with Crippen LogP contribution in [0.15, 0.2) is 60.7 Å². The molecule has 29 heavy (non-hydrogen) atoms. The number of carboxylic acid groups (broad SMARTS) is 1. The zero-order valence-electron chi connectivity index (χ0n) is 16.2. The monoisotopic (exact) mass is 399 g/mol. The molecule has 1 N–H and O–H groups in total. The van der Waals surface area contributed by atoms with E-state index in [1.165, 1.54) is 0 Å². The van der Waals surface area contributed by atoms with Crippen LogP contribution in [0.5, 0.6) is 0 Å². The molecule has 0 unspecified atom stereocenters. The first-order valence-corrected chi connectivity index (χ1v) is 9.47. The number of hydrogen-bond acceptors (Lipinski definition) is 5. The van der Waals surface area contributed by atoms with Crippen molar-refractivity contribution in [1.29, 1.82) is 0 Å². The molecule has 2 aromatic rings. The van der Waals surface area contributed by atoms with Gasteiger partial charge < -0.3 is 14.6 Å². The van der Waals surface area contributed by atoms with Crippen LogP contribution < -0.4 is 0 Å². The Morgan fingerprint density at radius 3 is 1.66 bits per heavy atom. The molecule has 2 rings (SSSR count). The van der Waals surface area contributed by atoms with Gasteiger partial charge in [0.25, 0.3) is 0 Å². The second-order valence-electron chi connectivity index (χ2n) is 6.44. The quantitative estimate of drug-likeness (QED) is 0.587. The maximum atomic E-state index is 12.5. The van der Waals surface area contributed by atoms with Gasteiger partial charge in [-0.05, 0) is 24.0 Å². The van der Waals surface area contributed by atoms with Crippen molar-refractivity contribution in [2.24, 2.45) is 0 Å². The highest BCUT2D eigenvalue weighted by atomic mass is 16.6. The molecule has 0 aliphatic heterocycles. The number of aliphatic carboxylic acids is 1. The Morgan fingerprint density at radius 1 is 0.724 bits per heavy atom. The predicted octanol–water partition coefficient (Wildman–Crippen LogP) is 4.61. The fourth-order valence-electron chi connectivity index (χ4n) is 2.57. The van der Waals surface area contributed by atoms with Crippen LogP contribution in [0.1, 0.15) is 36.8 Å². The van der Waals surface area contributed by atoms with Crippen molar-refractivity contribution >= 4 is 18.2 Å². The molecule has 0 aliphatic carbocycles. The number of carbonyl (C=O) groups is 3. The topological polar surface area (TPSA) is 93.1 Å². The lowest BCUT2D eigenvalue weighted by Crippen LogP contribution is -2.38. The number of amides is 2. The van der Waals surface area contributed by atoms with E-state index in [2.05, 4.69) is 0 Å². The van der Waals surface area contributed by atoms with E-state index in [-0.39, 0.29) is 26.2 Å².